The number of halogens is 3. The van der Waals surface area contributed by atoms with Gasteiger partial charge in [0.1, 0.15) is 5.70 Å². The number of aryl methyl sites for hydroxylation is 1. The Balaban J connectivity index is 1.80. The fourth-order valence-corrected chi connectivity index (χ4v) is 3.84. The molecule has 0 spiro atoms. The Labute approximate surface area is 189 Å². The Morgan fingerprint density at radius 2 is 1.52 bits per heavy atom. The Morgan fingerprint density at radius 1 is 0.848 bits per heavy atom. The van der Waals surface area contributed by atoms with Crippen molar-refractivity contribution in [3.63, 3.8) is 0 Å². The largest absolute Gasteiger partial charge is 0.416 e. The van der Waals surface area contributed by atoms with E-state index in [4.69, 9.17) is 0 Å². The molecule has 1 aliphatic rings. The maximum absolute atomic E-state index is 13.5. The molecule has 0 atom stereocenters. The van der Waals surface area contributed by atoms with Crippen molar-refractivity contribution in [3.05, 3.63) is 107 Å². The van der Waals surface area contributed by atoms with Crippen molar-refractivity contribution in [2.75, 3.05) is 11.9 Å². The fraction of sp³-hybridized carbons (Fsp3) is 0.154. The van der Waals surface area contributed by atoms with Gasteiger partial charge in [0.25, 0.3) is 11.8 Å². The molecule has 0 aliphatic carbocycles. The summed E-state index contributed by atoms with van der Waals surface area (Å²) in [6.45, 7) is 2.25. The Bertz CT molecular complexity index is 1230. The minimum atomic E-state index is -4.60. The SMILES string of the molecule is Cc1ccc(C2=C(N(C)Cc3ccccc3)C(=O)N(c3cccc(C(F)(F)F)c3)C2=O)cc1. The third-order valence-corrected chi connectivity index (χ3v) is 5.48. The zero-order valence-electron chi connectivity index (χ0n) is 18.1. The first kappa shape index (κ1) is 22.3. The number of hydrogen-bond donors (Lipinski definition) is 0. The Kier molecular flexibility index (Phi) is 5.80. The van der Waals surface area contributed by atoms with Crippen molar-refractivity contribution in [2.24, 2.45) is 0 Å². The zero-order chi connectivity index (χ0) is 23.8. The summed E-state index contributed by atoms with van der Waals surface area (Å²) < 4.78 is 39.8. The number of anilines is 1. The van der Waals surface area contributed by atoms with E-state index in [0.717, 1.165) is 28.2 Å². The van der Waals surface area contributed by atoms with Crippen LogP contribution in [0.25, 0.3) is 5.57 Å². The first-order valence-corrected chi connectivity index (χ1v) is 10.3. The van der Waals surface area contributed by atoms with Gasteiger partial charge in [-0.05, 0) is 36.2 Å². The number of likely N-dealkylation sites (N-methyl/N-ethyl adjacent to an activating group) is 1. The second-order valence-electron chi connectivity index (χ2n) is 7.93. The number of carbonyl (C=O) groups is 2. The van der Waals surface area contributed by atoms with Crippen molar-refractivity contribution in [2.45, 2.75) is 19.6 Å². The molecule has 4 rings (SSSR count). The number of nitrogens with zero attached hydrogens (tertiary/aromatic N) is 2. The fourth-order valence-electron chi connectivity index (χ4n) is 3.84. The molecular formula is C26H21F3N2O2. The number of amides is 2. The summed E-state index contributed by atoms with van der Waals surface area (Å²) in [6.07, 6.45) is -4.60. The topological polar surface area (TPSA) is 40.6 Å². The van der Waals surface area contributed by atoms with Crippen LogP contribution in [0.3, 0.4) is 0 Å². The minimum Gasteiger partial charge on any atom is -0.365 e. The average molecular weight is 450 g/mol. The van der Waals surface area contributed by atoms with E-state index in [0.29, 0.717) is 12.1 Å². The third kappa shape index (κ3) is 4.39. The molecule has 1 aliphatic heterocycles. The number of hydrogen-bond acceptors (Lipinski definition) is 3. The van der Waals surface area contributed by atoms with Crippen LogP contribution in [0, 0.1) is 6.92 Å². The van der Waals surface area contributed by atoms with Gasteiger partial charge in [0.15, 0.2) is 0 Å². The van der Waals surface area contributed by atoms with Gasteiger partial charge in [0.2, 0.25) is 0 Å². The molecule has 0 fully saturated rings. The highest BCUT2D eigenvalue weighted by Crippen LogP contribution is 2.37. The molecule has 4 nitrogen and oxygen atoms in total. The highest BCUT2D eigenvalue weighted by Gasteiger charge is 2.42. The summed E-state index contributed by atoms with van der Waals surface area (Å²) in [5.41, 5.74) is 1.69. The highest BCUT2D eigenvalue weighted by atomic mass is 19.4. The second kappa shape index (κ2) is 8.58. The molecule has 3 aromatic rings. The van der Waals surface area contributed by atoms with E-state index in [2.05, 4.69) is 0 Å². The zero-order valence-corrected chi connectivity index (χ0v) is 18.1. The maximum atomic E-state index is 13.5. The number of alkyl halides is 3. The number of benzene rings is 3. The molecule has 168 valence electrons. The molecular weight excluding hydrogens is 429 g/mol. The predicted molar refractivity (Wildman–Crippen MR) is 120 cm³/mol. The van der Waals surface area contributed by atoms with Crippen LogP contribution >= 0.6 is 0 Å². The normalized spacial score (nSPS) is 14.3. The lowest BCUT2D eigenvalue weighted by atomic mass is 10.0. The van der Waals surface area contributed by atoms with E-state index in [1.165, 1.54) is 12.1 Å². The van der Waals surface area contributed by atoms with Gasteiger partial charge < -0.3 is 4.90 Å². The van der Waals surface area contributed by atoms with Crippen molar-refractivity contribution >= 4 is 23.1 Å². The molecule has 33 heavy (non-hydrogen) atoms. The molecule has 2 amide bonds. The maximum Gasteiger partial charge on any atom is 0.416 e. The van der Waals surface area contributed by atoms with Crippen LogP contribution < -0.4 is 4.90 Å². The molecule has 0 saturated heterocycles. The monoisotopic (exact) mass is 450 g/mol. The van der Waals surface area contributed by atoms with Crippen LogP contribution in [0.2, 0.25) is 0 Å². The smallest absolute Gasteiger partial charge is 0.365 e. The van der Waals surface area contributed by atoms with E-state index < -0.39 is 23.6 Å². The molecule has 0 unspecified atom stereocenters. The average Bonchev–Trinajstić information content (AvgIpc) is 3.04. The molecule has 0 saturated carbocycles. The first-order chi connectivity index (χ1) is 15.7. The summed E-state index contributed by atoms with van der Waals surface area (Å²) in [6, 6.07) is 20.8. The molecule has 1 heterocycles. The van der Waals surface area contributed by atoms with E-state index in [1.54, 1.807) is 24.1 Å². The molecule has 0 bridgehead atoms. The van der Waals surface area contributed by atoms with Crippen LogP contribution in [0.5, 0.6) is 0 Å². The van der Waals surface area contributed by atoms with Crippen molar-refractivity contribution < 1.29 is 22.8 Å². The minimum absolute atomic E-state index is 0.118. The van der Waals surface area contributed by atoms with E-state index in [-0.39, 0.29) is 17.0 Å². The second-order valence-corrected chi connectivity index (χ2v) is 7.93. The van der Waals surface area contributed by atoms with E-state index in [9.17, 15) is 22.8 Å². The van der Waals surface area contributed by atoms with Crippen molar-refractivity contribution in [1.82, 2.24) is 4.90 Å². The van der Waals surface area contributed by atoms with Crippen molar-refractivity contribution in [1.29, 1.82) is 0 Å². The quantitative estimate of drug-likeness (QED) is 0.487. The molecule has 7 heteroatoms. The van der Waals surface area contributed by atoms with E-state index >= 15 is 0 Å². The van der Waals surface area contributed by atoms with Crippen molar-refractivity contribution in [3.8, 4) is 0 Å². The molecule has 3 aromatic carbocycles. The summed E-state index contributed by atoms with van der Waals surface area (Å²) in [5, 5.41) is 0. The van der Waals surface area contributed by atoms with Gasteiger partial charge in [0.05, 0.1) is 16.8 Å². The Morgan fingerprint density at radius 3 is 2.15 bits per heavy atom. The van der Waals surface area contributed by atoms with Gasteiger partial charge >= 0.3 is 6.18 Å². The Hall–Kier alpha value is -3.87. The van der Waals surface area contributed by atoms with Crippen LogP contribution in [-0.4, -0.2) is 23.8 Å². The lowest BCUT2D eigenvalue weighted by Gasteiger charge is -2.22. The van der Waals surface area contributed by atoms with Crippen LogP contribution in [-0.2, 0) is 22.3 Å². The van der Waals surface area contributed by atoms with Gasteiger partial charge in [-0.3, -0.25) is 9.59 Å². The van der Waals surface area contributed by atoms with Gasteiger partial charge in [-0.1, -0.05) is 66.2 Å². The summed E-state index contributed by atoms with van der Waals surface area (Å²) in [7, 11) is 1.69. The van der Waals surface area contributed by atoms with Gasteiger partial charge in [-0.15, -0.1) is 0 Å². The summed E-state index contributed by atoms with van der Waals surface area (Å²) >= 11 is 0. The van der Waals surface area contributed by atoms with Gasteiger partial charge in [0, 0.05) is 13.6 Å². The molecule has 0 aromatic heterocycles. The lowest BCUT2D eigenvalue weighted by Crippen LogP contribution is -2.34. The van der Waals surface area contributed by atoms with Crippen LogP contribution in [0.15, 0.2) is 84.6 Å². The standard InChI is InChI=1S/C26H21F3N2O2/c1-17-11-13-19(14-12-17)22-23(30(2)16-18-7-4-3-5-8-18)25(33)31(24(22)32)21-10-6-9-20(15-21)26(27,28)29/h3-15H,16H2,1-2H3. The molecule has 0 N–H and O–H groups in total. The van der Waals surface area contributed by atoms with Crippen LogP contribution in [0.1, 0.15) is 22.3 Å². The predicted octanol–water partition coefficient (Wildman–Crippen LogP) is 5.43. The third-order valence-electron chi connectivity index (χ3n) is 5.48. The first-order valence-electron chi connectivity index (χ1n) is 10.3. The summed E-state index contributed by atoms with van der Waals surface area (Å²) in [5.74, 6) is -1.31. The van der Waals surface area contributed by atoms with Crippen LogP contribution in [0.4, 0.5) is 18.9 Å². The summed E-state index contributed by atoms with van der Waals surface area (Å²) in [4.78, 5) is 29.4. The van der Waals surface area contributed by atoms with Gasteiger partial charge in [-0.2, -0.15) is 13.2 Å². The number of rotatable bonds is 5. The lowest BCUT2D eigenvalue weighted by molar-refractivity contribution is -0.137. The number of imide groups is 1. The molecule has 0 radical (unpaired) electrons. The highest BCUT2D eigenvalue weighted by molar-refractivity contribution is 6.45. The number of carbonyl (C=O) groups excluding carboxylic acids is 2. The van der Waals surface area contributed by atoms with Gasteiger partial charge in [-0.25, -0.2) is 4.90 Å². The van der Waals surface area contributed by atoms with E-state index in [1.807, 2.05) is 49.4 Å².